The maximum Gasteiger partial charge on any atom is 0.272 e. The number of nitrogens with zero attached hydrogens (tertiary/aromatic N) is 2. The van der Waals surface area contributed by atoms with Crippen molar-refractivity contribution in [2.24, 2.45) is 11.3 Å². The van der Waals surface area contributed by atoms with Crippen LogP contribution in [0.4, 0.5) is 0 Å². The zero-order valence-corrected chi connectivity index (χ0v) is 18.1. The van der Waals surface area contributed by atoms with E-state index >= 15 is 0 Å². The minimum Gasteiger partial charge on any atom is -0.486 e. The molecule has 1 aromatic carbocycles. The van der Waals surface area contributed by atoms with Gasteiger partial charge in [0.1, 0.15) is 23.1 Å². The lowest BCUT2D eigenvalue weighted by Gasteiger charge is -2.23. The van der Waals surface area contributed by atoms with Crippen LogP contribution in [0.3, 0.4) is 0 Å². The van der Waals surface area contributed by atoms with Gasteiger partial charge in [-0.2, -0.15) is 0 Å². The predicted octanol–water partition coefficient (Wildman–Crippen LogP) is 5.87. The highest BCUT2D eigenvalue weighted by atomic mass is 35.5. The standard InChI is InChI=1S/C22H26Cl2N2O2/c1-15-12-22(2,3)10-11-26(13-15)21(27)18-8-4-6-16(25-18)14-28-19-9-5-7-17(23)20(19)24/h4-9,15H,10-14H2,1-3H3/t15-/m1/s1. The Labute approximate surface area is 176 Å². The smallest absolute Gasteiger partial charge is 0.272 e. The van der Waals surface area contributed by atoms with Crippen molar-refractivity contribution in [3.8, 4) is 5.75 Å². The highest BCUT2D eigenvalue weighted by Crippen LogP contribution is 2.33. The van der Waals surface area contributed by atoms with Crippen molar-refractivity contribution in [3.63, 3.8) is 0 Å². The van der Waals surface area contributed by atoms with Gasteiger partial charge >= 0.3 is 0 Å². The summed E-state index contributed by atoms with van der Waals surface area (Å²) in [6.45, 7) is 8.49. The second kappa shape index (κ2) is 8.71. The molecule has 0 radical (unpaired) electrons. The molecule has 1 fully saturated rings. The van der Waals surface area contributed by atoms with E-state index in [1.54, 1.807) is 24.3 Å². The Balaban J connectivity index is 1.70. The highest BCUT2D eigenvalue weighted by Gasteiger charge is 2.30. The molecule has 0 aliphatic carbocycles. The van der Waals surface area contributed by atoms with Gasteiger partial charge in [-0.15, -0.1) is 0 Å². The fourth-order valence-corrected chi connectivity index (χ4v) is 4.13. The van der Waals surface area contributed by atoms with Crippen LogP contribution >= 0.6 is 23.2 Å². The highest BCUT2D eigenvalue weighted by molar-refractivity contribution is 6.42. The quantitative estimate of drug-likeness (QED) is 0.621. The van der Waals surface area contributed by atoms with Crippen molar-refractivity contribution in [1.29, 1.82) is 0 Å². The van der Waals surface area contributed by atoms with E-state index in [0.29, 0.717) is 33.1 Å². The normalized spacial score (nSPS) is 19.2. The summed E-state index contributed by atoms with van der Waals surface area (Å²) < 4.78 is 5.74. The van der Waals surface area contributed by atoms with Gasteiger partial charge in [0.2, 0.25) is 0 Å². The number of ether oxygens (including phenoxy) is 1. The average Bonchev–Trinajstić information content (AvgIpc) is 2.79. The lowest BCUT2D eigenvalue weighted by atomic mass is 9.82. The molecule has 1 saturated heterocycles. The van der Waals surface area contributed by atoms with Gasteiger partial charge in [-0.05, 0) is 48.4 Å². The van der Waals surface area contributed by atoms with Gasteiger partial charge < -0.3 is 9.64 Å². The average molecular weight is 421 g/mol. The van der Waals surface area contributed by atoms with Gasteiger partial charge in [0.15, 0.2) is 0 Å². The van der Waals surface area contributed by atoms with Crippen LogP contribution in [0.25, 0.3) is 0 Å². The summed E-state index contributed by atoms with van der Waals surface area (Å²) in [4.78, 5) is 19.5. The minimum absolute atomic E-state index is 0.0211. The van der Waals surface area contributed by atoms with Gasteiger partial charge in [-0.3, -0.25) is 4.79 Å². The first-order valence-electron chi connectivity index (χ1n) is 9.57. The molecule has 6 heteroatoms. The van der Waals surface area contributed by atoms with Crippen molar-refractivity contribution in [1.82, 2.24) is 9.88 Å². The number of pyridine rings is 1. The maximum atomic E-state index is 13.0. The van der Waals surface area contributed by atoms with Gasteiger partial charge in [-0.1, -0.05) is 56.1 Å². The Bertz CT molecular complexity index is 854. The number of likely N-dealkylation sites (tertiary alicyclic amines) is 1. The summed E-state index contributed by atoms with van der Waals surface area (Å²) in [7, 11) is 0. The van der Waals surface area contributed by atoms with Crippen molar-refractivity contribution >= 4 is 29.1 Å². The summed E-state index contributed by atoms with van der Waals surface area (Å²) in [5.74, 6) is 0.946. The molecular weight excluding hydrogens is 395 g/mol. The molecule has 1 aliphatic heterocycles. The van der Waals surface area contributed by atoms with Crippen LogP contribution in [0.15, 0.2) is 36.4 Å². The van der Waals surface area contributed by atoms with Crippen molar-refractivity contribution < 1.29 is 9.53 Å². The number of benzene rings is 1. The summed E-state index contributed by atoms with van der Waals surface area (Å²) in [5, 5.41) is 0.812. The van der Waals surface area contributed by atoms with E-state index in [0.717, 1.165) is 25.9 Å². The Morgan fingerprint density at radius 3 is 2.79 bits per heavy atom. The molecule has 1 aromatic heterocycles. The van der Waals surface area contributed by atoms with Crippen molar-refractivity contribution in [2.75, 3.05) is 13.1 Å². The van der Waals surface area contributed by atoms with E-state index in [9.17, 15) is 4.79 Å². The second-order valence-electron chi connectivity index (χ2n) is 8.33. The molecule has 0 unspecified atom stereocenters. The summed E-state index contributed by atoms with van der Waals surface area (Å²) >= 11 is 12.2. The lowest BCUT2D eigenvalue weighted by molar-refractivity contribution is 0.0737. The van der Waals surface area contributed by atoms with E-state index in [1.165, 1.54) is 0 Å². The van der Waals surface area contributed by atoms with Crippen LogP contribution in [-0.4, -0.2) is 28.9 Å². The van der Waals surface area contributed by atoms with E-state index in [-0.39, 0.29) is 17.9 Å². The van der Waals surface area contributed by atoms with Crippen LogP contribution in [0.5, 0.6) is 5.75 Å². The molecule has 0 saturated carbocycles. The van der Waals surface area contributed by atoms with E-state index in [2.05, 4.69) is 25.8 Å². The second-order valence-corrected chi connectivity index (χ2v) is 9.11. The largest absolute Gasteiger partial charge is 0.486 e. The van der Waals surface area contributed by atoms with Gasteiger partial charge in [0.05, 0.1) is 10.7 Å². The monoisotopic (exact) mass is 420 g/mol. The zero-order valence-electron chi connectivity index (χ0n) is 16.5. The van der Waals surface area contributed by atoms with Crippen LogP contribution in [0.2, 0.25) is 10.0 Å². The van der Waals surface area contributed by atoms with Crippen LogP contribution in [0.1, 0.15) is 49.8 Å². The van der Waals surface area contributed by atoms with Gasteiger partial charge in [0, 0.05) is 13.1 Å². The topological polar surface area (TPSA) is 42.4 Å². The third-order valence-electron chi connectivity index (χ3n) is 5.10. The SMILES string of the molecule is C[C@H]1CN(C(=O)c2cccc(COc3cccc(Cl)c3Cl)n2)CCC(C)(C)C1. The van der Waals surface area contributed by atoms with Crippen LogP contribution in [0, 0.1) is 11.3 Å². The maximum absolute atomic E-state index is 13.0. The molecule has 1 amide bonds. The van der Waals surface area contributed by atoms with Gasteiger partial charge in [-0.25, -0.2) is 4.98 Å². The van der Waals surface area contributed by atoms with Crippen LogP contribution < -0.4 is 4.74 Å². The molecule has 2 aromatic rings. The molecule has 4 nitrogen and oxygen atoms in total. The number of halogens is 2. The summed E-state index contributed by atoms with van der Waals surface area (Å²) in [6.07, 6.45) is 2.12. The minimum atomic E-state index is -0.0211. The van der Waals surface area contributed by atoms with E-state index in [1.807, 2.05) is 17.0 Å². The number of carbonyl (C=O) groups is 1. The molecule has 1 aliphatic rings. The molecular formula is C22H26Cl2N2O2. The number of hydrogen-bond donors (Lipinski definition) is 0. The molecule has 1 atom stereocenters. The fourth-order valence-electron chi connectivity index (χ4n) is 3.79. The number of rotatable bonds is 4. The molecule has 0 bridgehead atoms. The summed E-state index contributed by atoms with van der Waals surface area (Å²) in [6, 6.07) is 10.7. The Morgan fingerprint density at radius 2 is 2.00 bits per heavy atom. The first-order chi connectivity index (χ1) is 13.2. The molecule has 0 N–H and O–H groups in total. The predicted molar refractivity (Wildman–Crippen MR) is 113 cm³/mol. The van der Waals surface area contributed by atoms with E-state index in [4.69, 9.17) is 27.9 Å². The number of amides is 1. The van der Waals surface area contributed by atoms with Crippen molar-refractivity contribution in [2.45, 2.75) is 40.2 Å². The first kappa shape index (κ1) is 20.9. The third kappa shape index (κ3) is 5.18. The molecule has 28 heavy (non-hydrogen) atoms. The van der Waals surface area contributed by atoms with Crippen molar-refractivity contribution in [3.05, 3.63) is 57.8 Å². The molecule has 0 spiro atoms. The van der Waals surface area contributed by atoms with Crippen LogP contribution in [-0.2, 0) is 6.61 Å². The Hall–Kier alpha value is -1.78. The lowest BCUT2D eigenvalue weighted by Crippen LogP contribution is -2.34. The number of hydrogen-bond acceptors (Lipinski definition) is 3. The molecule has 3 rings (SSSR count). The third-order valence-corrected chi connectivity index (χ3v) is 5.90. The fraction of sp³-hybridized carbons (Fsp3) is 0.455. The summed E-state index contributed by atoms with van der Waals surface area (Å²) in [5.41, 5.74) is 1.38. The first-order valence-corrected chi connectivity index (χ1v) is 10.3. The Kier molecular flexibility index (Phi) is 6.51. The van der Waals surface area contributed by atoms with E-state index < -0.39 is 0 Å². The van der Waals surface area contributed by atoms with Gasteiger partial charge in [0.25, 0.3) is 5.91 Å². The zero-order chi connectivity index (χ0) is 20.3. The number of aromatic nitrogens is 1. The molecule has 150 valence electrons. The molecule has 2 heterocycles. The number of carbonyl (C=O) groups excluding carboxylic acids is 1. The Morgan fingerprint density at radius 1 is 1.25 bits per heavy atom.